The van der Waals surface area contributed by atoms with Crippen molar-refractivity contribution in [1.29, 1.82) is 0 Å². The fraction of sp³-hybridized carbons (Fsp3) is 0.176. The number of rotatable bonds is 4. The minimum Gasteiger partial charge on any atom is -0.479 e. The molecule has 0 aromatic heterocycles. The second-order valence-electron chi connectivity index (χ2n) is 4.21. The molecule has 3 heteroatoms. The van der Waals surface area contributed by atoms with E-state index in [9.17, 15) is 0 Å². The van der Waals surface area contributed by atoms with Crippen LogP contribution in [0.5, 0.6) is 5.75 Å². The highest BCUT2D eigenvalue weighted by molar-refractivity contribution is 9.10. The molecule has 0 unspecified atom stereocenters. The Bertz CT molecular complexity index is 614. The van der Waals surface area contributed by atoms with Crippen molar-refractivity contribution < 1.29 is 4.74 Å². The number of ether oxygens (including phenoxy) is 1. The maximum atomic E-state index is 5.78. The molecule has 0 saturated heterocycles. The highest BCUT2D eigenvalue weighted by Crippen LogP contribution is 2.28. The van der Waals surface area contributed by atoms with E-state index in [-0.39, 0.29) is 0 Å². The van der Waals surface area contributed by atoms with E-state index in [0.29, 0.717) is 6.61 Å². The molecule has 2 rings (SSSR count). The second-order valence-corrected chi connectivity index (χ2v) is 5.07. The third-order valence-electron chi connectivity index (χ3n) is 2.71. The molecule has 0 aliphatic carbocycles. The van der Waals surface area contributed by atoms with Crippen LogP contribution >= 0.6 is 15.9 Å². The van der Waals surface area contributed by atoms with Gasteiger partial charge in [0.25, 0.3) is 0 Å². The summed E-state index contributed by atoms with van der Waals surface area (Å²) in [5.41, 5.74) is 2.11. The van der Waals surface area contributed by atoms with Crippen LogP contribution in [-0.4, -0.2) is 13.7 Å². The van der Waals surface area contributed by atoms with Gasteiger partial charge >= 0.3 is 0 Å². The number of nitrogens with one attached hydrogen (secondary N) is 1. The molecule has 0 fully saturated rings. The fourth-order valence-electron chi connectivity index (χ4n) is 1.81. The number of benzene rings is 2. The molecule has 0 bridgehead atoms. The molecule has 0 aliphatic heterocycles. The van der Waals surface area contributed by atoms with Crippen molar-refractivity contribution in [3.63, 3.8) is 0 Å². The first-order chi connectivity index (χ1) is 9.81. The van der Waals surface area contributed by atoms with Crippen LogP contribution in [0.25, 0.3) is 0 Å². The molecule has 2 nitrogen and oxygen atoms in total. The lowest BCUT2D eigenvalue weighted by Crippen LogP contribution is -2.08. The van der Waals surface area contributed by atoms with E-state index < -0.39 is 0 Å². The zero-order valence-electron chi connectivity index (χ0n) is 11.3. The van der Waals surface area contributed by atoms with Gasteiger partial charge in [-0.3, -0.25) is 0 Å². The topological polar surface area (TPSA) is 21.3 Å². The van der Waals surface area contributed by atoms with Crippen molar-refractivity contribution in [1.82, 2.24) is 5.32 Å². The van der Waals surface area contributed by atoms with Crippen LogP contribution in [-0.2, 0) is 6.54 Å². The lowest BCUT2D eigenvalue weighted by molar-refractivity contribution is 0.363. The lowest BCUT2D eigenvalue weighted by atomic mass is 10.2. The zero-order valence-corrected chi connectivity index (χ0v) is 12.9. The average Bonchev–Trinajstić information content (AvgIpc) is 2.47. The monoisotopic (exact) mass is 329 g/mol. The van der Waals surface area contributed by atoms with Gasteiger partial charge in [-0.2, -0.15) is 0 Å². The van der Waals surface area contributed by atoms with Gasteiger partial charge in [0.15, 0.2) is 0 Å². The minimum atomic E-state index is 0.369. The van der Waals surface area contributed by atoms with Crippen LogP contribution in [0.1, 0.15) is 11.1 Å². The summed E-state index contributed by atoms with van der Waals surface area (Å²) in [6, 6.07) is 15.9. The number of halogens is 1. The van der Waals surface area contributed by atoms with Crippen molar-refractivity contribution in [3.05, 3.63) is 64.1 Å². The number of hydrogen-bond donors (Lipinski definition) is 1. The molecule has 0 amide bonds. The summed E-state index contributed by atoms with van der Waals surface area (Å²) in [5.74, 6) is 6.96. The van der Waals surface area contributed by atoms with Gasteiger partial charge in [0.05, 0.1) is 4.47 Å². The number of hydrogen-bond acceptors (Lipinski definition) is 2. The summed E-state index contributed by atoms with van der Waals surface area (Å²) in [6.07, 6.45) is 0. The van der Waals surface area contributed by atoms with Gasteiger partial charge in [0.1, 0.15) is 12.4 Å². The summed E-state index contributed by atoms with van der Waals surface area (Å²) in [5, 5.41) is 3.13. The SMILES string of the molecule is CNCc1cccc(Br)c1OCC#Cc1ccccc1. The van der Waals surface area contributed by atoms with E-state index in [1.807, 2.05) is 55.6 Å². The fourth-order valence-corrected chi connectivity index (χ4v) is 2.33. The second kappa shape index (κ2) is 7.74. The smallest absolute Gasteiger partial charge is 0.149 e. The summed E-state index contributed by atoms with van der Waals surface area (Å²) >= 11 is 3.51. The predicted octanol–water partition coefficient (Wildman–Crippen LogP) is 3.60. The predicted molar refractivity (Wildman–Crippen MR) is 85.7 cm³/mol. The van der Waals surface area contributed by atoms with Crippen LogP contribution in [0, 0.1) is 11.8 Å². The van der Waals surface area contributed by atoms with Crippen molar-refractivity contribution in [2.45, 2.75) is 6.54 Å². The Kier molecular flexibility index (Phi) is 5.67. The third kappa shape index (κ3) is 4.12. The van der Waals surface area contributed by atoms with Crippen LogP contribution < -0.4 is 10.1 Å². The van der Waals surface area contributed by atoms with Crippen LogP contribution in [0.3, 0.4) is 0 Å². The van der Waals surface area contributed by atoms with E-state index in [1.54, 1.807) is 0 Å². The quantitative estimate of drug-likeness (QED) is 0.865. The molecule has 0 aliphatic rings. The highest BCUT2D eigenvalue weighted by atomic mass is 79.9. The molecular formula is C17H16BrNO. The van der Waals surface area contributed by atoms with Crippen molar-refractivity contribution in [2.24, 2.45) is 0 Å². The molecular weight excluding hydrogens is 314 g/mol. The van der Waals surface area contributed by atoms with Crippen LogP contribution in [0.4, 0.5) is 0 Å². The highest BCUT2D eigenvalue weighted by Gasteiger charge is 2.06. The maximum absolute atomic E-state index is 5.78. The molecule has 102 valence electrons. The Morgan fingerprint density at radius 3 is 2.65 bits per heavy atom. The van der Waals surface area contributed by atoms with E-state index in [4.69, 9.17) is 4.74 Å². The van der Waals surface area contributed by atoms with Crippen LogP contribution in [0.2, 0.25) is 0 Å². The van der Waals surface area contributed by atoms with Crippen LogP contribution in [0.15, 0.2) is 53.0 Å². The Balaban J connectivity index is 2.03. The maximum Gasteiger partial charge on any atom is 0.149 e. The van der Waals surface area contributed by atoms with Crippen molar-refractivity contribution in [3.8, 4) is 17.6 Å². The van der Waals surface area contributed by atoms with E-state index in [2.05, 4.69) is 33.1 Å². The van der Waals surface area contributed by atoms with Gasteiger partial charge < -0.3 is 10.1 Å². The largest absolute Gasteiger partial charge is 0.479 e. The van der Waals surface area contributed by atoms with Gasteiger partial charge in [-0.1, -0.05) is 42.2 Å². The van der Waals surface area contributed by atoms with Crippen molar-refractivity contribution >= 4 is 15.9 Å². The molecule has 20 heavy (non-hydrogen) atoms. The third-order valence-corrected chi connectivity index (χ3v) is 3.34. The Morgan fingerprint density at radius 2 is 1.90 bits per heavy atom. The first kappa shape index (κ1) is 14.6. The summed E-state index contributed by atoms with van der Waals surface area (Å²) in [4.78, 5) is 0. The van der Waals surface area contributed by atoms with Gasteiger partial charge in [0, 0.05) is 17.7 Å². The molecule has 2 aromatic rings. The summed E-state index contributed by atoms with van der Waals surface area (Å²) < 4.78 is 6.73. The zero-order chi connectivity index (χ0) is 14.2. The van der Waals surface area contributed by atoms with E-state index in [0.717, 1.165) is 27.9 Å². The summed E-state index contributed by atoms with van der Waals surface area (Å²) in [6.45, 7) is 1.13. The van der Waals surface area contributed by atoms with Crippen molar-refractivity contribution in [2.75, 3.05) is 13.7 Å². The molecule has 1 N–H and O–H groups in total. The van der Waals surface area contributed by atoms with Gasteiger partial charge in [0.2, 0.25) is 0 Å². The van der Waals surface area contributed by atoms with E-state index in [1.165, 1.54) is 0 Å². The van der Waals surface area contributed by atoms with Gasteiger partial charge in [-0.05, 0) is 41.2 Å². The Morgan fingerprint density at radius 1 is 1.10 bits per heavy atom. The first-order valence-corrected chi connectivity index (χ1v) is 7.19. The molecule has 0 spiro atoms. The minimum absolute atomic E-state index is 0.369. The lowest BCUT2D eigenvalue weighted by Gasteiger charge is -2.11. The Labute approximate surface area is 128 Å². The van der Waals surface area contributed by atoms with Gasteiger partial charge in [-0.25, -0.2) is 0 Å². The molecule has 0 heterocycles. The first-order valence-electron chi connectivity index (χ1n) is 6.40. The Hall–Kier alpha value is -1.76. The van der Waals surface area contributed by atoms with Gasteiger partial charge in [-0.15, -0.1) is 0 Å². The molecule has 0 saturated carbocycles. The molecule has 0 radical (unpaired) electrons. The standard InChI is InChI=1S/C17H16BrNO/c1-19-13-15-10-5-11-16(18)17(15)20-12-6-9-14-7-3-2-4-8-14/h2-5,7-8,10-11,19H,12-13H2,1H3. The number of para-hydroxylation sites is 1. The summed E-state index contributed by atoms with van der Waals surface area (Å²) in [7, 11) is 1.92. The van der Waals surface area contributed by atoms with E-state index >= 15 is 0 Å². The average molecular weight is 330 g/mol. The molecule has 0 atom stereocenters. The molecule has 2 aromatic carbocycles. The normalized spacial score (nSPS) is 9.70.